The van der Waals surface area contributed by atoms with Crippen molar-refractivity contribution < 1.29 is 9.59 Å². The van der Waals surface area contributed by atoms with Crippen LogP contribution in [0.25, 0.3) is 30.9 Å². The number of carbonyl (C=O) groups excluding carboxylic acids is 2. The molecular weight excluding hydrogens is 1090 g/mol. The Morgan fingerprint density at radius 1 is 0.398 bits per heavy atom. The molecule has 2 aliphatic heterocycles. The smallest absolute Gasteiger partial charge is 0.261 e. The van der Waals surface area contributed by atoms with E-state index in [1.54, 1.807) is 26.7 Å². The summed E-state index contributed by atoms with van der Waals surface area (Å²) < 4.78 is 0. The van der Waals surface area contributed by atoms with Crippen molar-refractivity contribution in [2.75, 3.05) is 13.1 Å². The van der Waals surface area contributed by atoms with E-state index in [2.05, 4.69) is 129 Å². The highest BCUT2D eigenvalue weighted by molar-refractivity contribution is 7.23. The quantitative estimate of drug-likeness (QED) is 0.0414. The molecule has 6 heterocycles. The first-order chi connectivity index (χ1) is 40.3. The lowest BCUT2D eigenvalue weighted by Crippen LogP contribution is -2.34. The molecule has 2 aliphatic rings. The summed E-state index contributed by atoms with van der Waals surface area (Å²) in [7, 11) is 0. The second-order valence-electron chi connectivity index (χ2n) is 26.5. The van der Waals surface area contributed by atoms with E-state index in [0.29, 0.717) is 36.1 Å². The fraction of sp³-hybridized carbons (Fsp3) is 0.707. The van der Waals surface area contributed by atoms with Crippen LogP contribution in [-0.4, -0.2) is 34.7 Å². The molecule has 0 aliphatic carbocycles. The molecule has 6 rings (SSSR count). The number of rotatable bonds is 45. The molecule has 0 aromatic carbocycles. The lowest BCUT2D eigenvalue weighted by atomic mass is 9.79. The molecular formula is C75H118N2O2S4. The van der Waals surface area contributed by atoms with Crippen LogP contribution in [0.15, 0.2) is 47.5 Å². The third-order valence-corrected chi connectivity index (χ3v) is 24.8. The fourth-order valence-electron chi connectivity index (χ4n) is 13.7. The normalized spacial score (nSPS) is 15.5. The van der Waals surface area contributed by atoms with E-state index in [-0.39, 0.29) is 22.6 Å². The molecule has 0 bridgehead atoms. The van der Waals surface area contributed by atoms with Gasteiger partial charge in [0.2, 0.25) is 0 Å². The van der Waals surface area contributed by atoms with E-state index < -0.39 is 0 Å². The van der Waals surface area contributed by atoms with E-state index in [1.807, 2.05) is 34.0 Å². The predicted octanol–water partition coefficient (Wildman–Crippen LogP) is 25.0. The number of nitrogens with zero attached hydrogens (tertiary/aromatic N) is 2. The molecule has 8 heteroatoms. The lowest BCUT2D eigenvalue weighted by molar-refractivity contribution is -0.124. The van der Waals surface area contributed by atoms with Crippen molar-refractivity contribution >= 4 is 68.6 Å². The van der Waals surface area contributed by atoms with Crippen molar-refractivity contribution in [1.29, 1.82) is 0 Å². The minimum absolute atomic E-state index is 0.0243. The zero-order valence-corrected chi connectivity index (χ0v) is 58.4. The molecule has 3 atom stereocenters. The zero-order chi connectivity index (χ0) is 59.8. The van der Waals surface area contributed by atoms with Crippen LogP contribution in [0.2, 0.25) is 0 Å². The van der Waals surface area contributed by atoms with Crippen LogP contribution in [0.3, 0.4) is 0 Å². The highest BCUT2D eigenvalue weighted by Gasteiger charge is 2.50. The SMILES string of the molecule is CCCCCCCCCCCCc1cc(-c2ccc(C3=C4C(=O)N(CC(CC)CCCC)C(c5ccc(-c6cc(CCCCCCCCCCCC)c(C(C)(CC)CCC)s6)s5)=C4C(=O)N3CC(CC)CCCC)s2)sc1C(C)(C)CCC. The number of hydrogen-bond donors (Lipinski definition) is 0. The molecule has 3 unspecified atom stereocenters. The van der Waals surface area contributed by atoms with Gasteiger partial charge in [0, 0.05) is 47.8 Å². The lowest BCUT2D eigenvalue weighted by Gasteiger charge is -2.29. The molecule has 4 nitrogen and oxygen atoms in total. The Kier molecular flexibility index (Phi) is 30.0. The number of hydrogen-bond acceptors (Lipinski definition) is 6. The molecule has 0 fully saturated rings. The van der Waals surface area contributed by atoms with Crippen LogP contribution in [0, 0.1) is 11.8 Å². The molecule has 0 radical (unpaired) electrons. The molecule has 2 amide bonds. The van der Waals surface area contributed by atoms with Gasteiger partial charge < -0.3 is 9.80 Å². The maximum atomic E-state index is 15.9. The van der Waals surface area contributed by atoms with Crippen LogP contribution in [0.1, 0.15) is 326 Å². The first kappa shape index (κ1) is 69.3. The van der Waals surface area contributed by atoms with Gasteiger partial charge in [-0.2, -0.15) is 0 Å². The van der Waals surface area contributed by atoms with Crippen LogP contribution in [0.4, 0.5) is 0 Å². The van der Waals surface area contributed by atoms with Crippen molar-refractivity contribution in [2.24, 2.45) is 11.8 Å². The van der Waals surface area contributed by atoms with Gasteiger partial charge in [0.05, 0.1) is 32.3 Å². The predicted molar refractivity (Wildman–Crippen MR) is 371 cm³/mol. The number of thiophene rings is 4. The monoisotopic (exact) mass is 1210 g/mol. The van der Waals surface area contributed by atoms with E-state index in [1.165, 1.54) is 179 Å². The summed E-state index contributed by atoms with van der Waals surface area (Å²) in [5.74, 6) is 0.758. The highest BCUT2D eigenvalue weighted by atomic mass is 32.1. The topological polar surface area (TPSA) is 40.6 Å². The minimum atomic E-state index is 0.0243. The van der Waals surface area contributed by atoms with Crippen molar-refractivity contribution in [2.45, 2.75) is 319 Å². The number of aryl methyl sites for hydroxylation is 2. The van der Waals surface area contributed by atoms with Crippen LogP contribution in [0.5, 0.6) is 0 Å². The van der Waals surface area contributed by atoms with Gasteiger partial charge in [-0.25, -0.2) is 0 Å². The molecule has 0 saturated heterocycles. The van der Waals surface area contributed by atoms with Gasteiger partial charge in [-0.3, -0.25) is 9.59 Å². The Morgan fingerprint density at radius 3 is 1.13 bits per heavy atom. The van der Waals surface area contributed by atoms with E-state index in [0.717, 1.165) is 91.8 Å². The van der Waals surface area contributed by atoms with E-state index in [9.17, 15) is 0 Å². The Hall–Kier alpha value is -2.78. The molecule has 0 spiro atoms. The number of unbranched alkanes of at least 4 members (excludes halogenated alkanes) is 20. The summed E-state index contributed by atoms with van der Waals surface area (Å²) in [5.41, 5.74) is 6.36. The minimum Gasteiger partial charge on any atom is -0.306 e. The Balaban J connectivity index is 1.40. The average Bonchev–Trinajstić information content (AvgIpc) is 4.24. The fourth-order valence-corrected chi connectivity index (χ4v) is 18.8. The summed E-state index contributed by atoms with van der Waals surface area (Å²) in [6, 6.07) is 14.2. The maximum Gasteiger partial charge on any atom is 0.261 e. The van der Waals surface area contributed by atoms with Gasteiger partial charge in [0.25, 0.3) is 11.8 Å². The summed E-state index contributed by atoms with van der Waals surface area (Å²) in [4.78, 5) is 46.3. The van der Waals surface area contributed by atoms with Gasteiger partial charge in [0.1, 0.15) is 0 Å². The third kappa shape index (κ3) is 18.9. The van der Waals surface area contributed by atoms with Crippen LogP contribution in [-0.2, 0) is 33.3 Å². The van der Waals surface area contributed by atoms with Crippen molar-refractivity contribution in [3.05, 3.63) is 78.2 Å². The van der Waals surface area contributed by atoms with Crippen molar-refractivity contribution in [3.63, 3.8) is 0 Å². The van der Waals surface area contributed by atoms with Crippen molar-refractivity contribution in [1.82, 2.24) is 9.80 Å². The summed E-state index contributed by atoms with van der Waals surface area (Å²) in [6.45, 7) is 29.5. The Labute approximate surface area is 525 Å². The molecule has 464 valence electrons. The second kappa shape index (κ2) is 35.9. The van der Waals surface area contributed by atoms with Gasteiger partial charge in [0.15, 0.2) is 0 Å². The Morgan fingerprint density at radius 2 is 0.759 bits per heavy atom. The highest BCUT2D eigenvalue weighted by Crippen LogP contribution is 2.53. The first-order valence-electron chi connectivity index (χ1n) is 34.9. The van der Waals surface area contributed by atoms with Crippen LogP contribution < -0.4 is 0 Å². The molecule has 83 heavy (non-hydrogen) atoms. The first-order valence-corrected chi connectivity index (χ1v) is 38.1. The number of carbonyl (C=O) groups is 2. The third-order valence-electron chi connectivity index (χ3n) is 19.2. The molecule has 4 aromatic heterocycles. The number of amides is 2. The zero-order valence-electron chi connectivity index (χ0n) is 55.1. The van der Waals surface area contributed by atoms with Gasteiger partial charge in [-0.05, 0) is 123 Å². The van der Waals surface area contributed by atoms with Crippen molar-refractivity contribution in [3.8, 4) is 19.5 Å². The second-order valence-corrected chi connectivity index (χ2v) is 30.8. The Bertz CT molecular complexity index is 2610. The maximum absolute atomic E-state index is 15.9. The molecule has 4 aromatic rings. The largest absolute Gasteiger partial charge is 0.306 e. The van der Waals surface area contributed by atoms with Crippen LogP contribution >= 0.6 is 45.3 Å². The molecule has 0 N–H and O–H groups in total. The summed E-state index contributed by atoms with van der Waals surface area (Å²) in [5, 5.41) is 0. The standard InChI is InChI=1S/C75H118N2O2S4/c1-13-22-26-28-30-32-34-36-38-40-44-58-52-64(82-70(58)74(10,11)50-17-5)60-46-48-62(80-60)68-66-67(73(79)76(68)54-56(19-7)42-24-15-3)69(77(72(66)78)55-57(20-8)43-25-16-4)63-49-47-61(81-63)65-53-59(71(83-65)75(12,21-9)51-18-6)45-41-39-37-35-33-31-29-27-23-14-2/h46-49,52-53,56-57H,13-45,50-51,54-55H2,1-12H3. The van der Waals surface area contributed by atoms with Gasteiger partial charge in [-0.1, -0.05) is 250 Å². The molecule has 0 saturated carbocycles. The van der Waals surface area contributed by atoms with E-state index >= 15 is 9.59 Å². The van der Waals surface area contributed by atoms with E-state index in [4.69, 9.17) is 0 Å². The summed E-state index contributed by atoms with van der Waals surface area (Å²) >= 11 is 7.65. The number of fused-ring (bicyclic) bond motifs is 1. The van der Waals surface area contributed by atoms with Gasteiger partial charge >= 0.3 is 0 Å². The summed E-state index contributed by atoms with van der Waals surface area (Å²) in [6.07, 6.45) is 43.9. The average molecular weight is 1210 g/mol. The van der Waals surface area contributed by atoms with Gasteiger partial charge in [-0.15, -0.1) is 45.3 Å².